The predicted molar refractivity (Wildman–Crippen MR) is 124 cm³/mol. The van der Waals surface area contributed by atoms with Crippen LogP contribution in [0.1, 0.15) is 27.6 Å². The Kier molecular flexibility index (Phi) is 6.96. The lowest BCUT2D eigenvalue weighted by Crippen LogP contribution is -2.18. The van der Waals surface area contributed by atoms with Crippen molar-refractivity contribution in [3.8, 4) is 0 Å². The van der Waals surface area contributed by atoms with E-state index in [2.05, 4.69) is 14.8 Å². The molecule has 3 rings (SSSR count). The van der Waals surface area contributed by atoms with Crippen LogP contribution in [0, 0.1) is 0 Å². The fourth-order valence-electron chi connectivity index (χ4n) is 2.81. The van der Waals surface area contributed by atoms with Gasteiger partial charge in [-0.3, -0.25) is 14.3 Å². The van der Waals surface area contributed by atoms with Crippen molar-refractivity contribution in [2.24, 2.45) is 0 Å². The quantitative estimate of drug-likeness (QED) is 0.418. The van der Waals surface area contributed by atoms with Crippen LogP contribution in [0.4, 0.5) is 11.4 Å². The van der Waals surface area contributed by atoms with Crippen LogP contribution in [0.15, 0.2) is 82.6 Å². The van der Waals surface area contributed by atoms with Crippen molar-refractivity contribution >= 4 is 43.1 Å². The summed E-state index contributed by atoms with van der Waals surface area (Å²) in [6, 6.07) is 17.0. The largest absolute Gasteiger partial charge is 0.322 e. The lowest BCUT2D eigenvalue weighted by atomic mass is 10.2. The Morgan fingerprint density at radius 1 is 0.636 bits per heavy atom. The van der Waals surface area contributed by atoms with Gasteiger partial charge in [-0.15, -0.1) is 0 Å². The number of rotatable bonds is 8. The zero-order valence-electron chi connectivity index (χ0n) is 17.7. The Hall–Kier alpha value is -3.54. The van der Waals surface area contributed by atoms with Crippen molar-refractivity contribution in [3.63, 3.8) is 0 Å². The van der Waals surface area contributed by atoms with Gasteiger partial charge in [-0.2, -0.15) is 0 Å². The van der Waals surface area contributed by atoms with E-state index in [1.54, 1.807) is 0 Å². The summed E-state index contributed by atoms with van der Waals surface area (Å²) in [5.74, 6) is -0.617. The maximum atomic E-state index is 12.5. The number of anilines is 2. The monoisotopic (exact) mass is 487 g/mol. The number of hydrogen-bond acceptors (Lipinski definition) is 6. The highest BCUT2D eigenvalue weighted by Crippen LogP contribution is 2.19. The molecule has 0 heterocycles. The molecule has 3 aromatic rings. The molecular formula is C22H21N3O6S2. The molecule has 0 aromatic heterocycles. The normalized spacial score (nSPS) is 11.6. The van der Waals surface area contributed by atoms with Crippen LogP contribution in [0.2, 0.25) is 0 Å². The predicted octanol–water partition coefficient (Wildman–Crippen LogP) is 2.85. The number of Topliss-reactive ketones (excluding diaryl/α,β-unsaturated/α-hetero) is 1. The summed E-state index contributed by atoms with van der Waals surface area (Å²) in [5, 5.41) is 2.64. The molecule has 0 aliphatic rings. The molecule has 0 atom stereocenters. The number of carbonyl (C=O) groups excluding carboxylic acids is 2. The van der Waals surface area contributed by atoms with Crippen LogP contribution in [-0.2, 0) is 20.0 Å². The lowest BCUT2D eigenvalue weighted by molar-refractivity contribution is 0.101. The van der Waals surface area contributed by atoms with Crippen molar-refractivity contribution in [1.29, 1.82) is 0 Å². The molecule has 0 aliphatic carbocycles. The Labute approximate surface area is 191 Å². The maximum absolute atomic E-state index is 12.5. The first kappa shape index (κ1) is 24.1. The molecule has 0 radical (unpaired) electrons. The maximum Gasteiger partial charge on any atom is 0.261 e. The summed E-state index contributed by atoms with van der Waals surface area (Å²) >= 11 is 0. The number of benzene rings is 3. The highest BCUT2D eigenvalue weighted by molar-refractivity contribution is 7.92. The Balaban J connectivity index is 1.68. The minimum Gasteiger partial charge on any atom is -0.322 e. The SMILES string of the molecule is CNS(=O)(=O)c1ccc(NC(=O)c2ccc(NS(=O)(=O)c3ccc(C(C)=O)cc3)cc2)cc1. The second-order valence-electron chi connectivity index (χ2n) is 6.95. The molecule has 1 amide bonds. The van der Waals surface area contributed by atoms with E-state index in [1.165, 1.54) is 86.8 Å². The fourth-order valence-corrected chi connectivity index (χ4v) is 4.60. The molecule has 11 heteroatoms. The average molecular weight is 488 g/mol. The Bertz CT molecular complexity index is 1380. The van der Waals surface area contributed by atoms with Gasteiger partial charge in [-0.1, -0.05) is 12.1 Å². The van der Waals surface area contributed by atoms with Gasteiger partial charge < -0.3 is 5.32 Å². The number of hydrogen-bond donors (Lipinski definition) is 3. The molecule has 3 aromatic carbocycles. The molecule has 33 heavy (non-hydrogen) atoms. The molecule has 0 aliphatic heterocycles. The summed E-state index contributed by atoms with van der Waals surface area (Å²) in [5.41, 5.74) is 1.33. The summed E-state index contributed by atoms with van der Waals surface area (Å²) in [6.45, 7) is 1.39. The van der Waals surface area contributed by atoms with Gasteiger partial charge in [0.25, 0.3) is 15.9 Å². The summed E-state index contributed by atoms with van der Waals surface area (Å²) in [6.07, 6.45) is 0. The molecule has 0 unspecified atom stereocenters. The third kappa shape index (κ3) is 5.83. The van der Waals surface area contributed by atoms with Gasteiger partial charge in [-0.05, 0) is 74.6 Å². The zero-order chi connectivity index (χ0) is 24.2. The summed E-state index contributed by atoms with van der Waals surface area (Å²) < 4.78 is 53.2. The van der Waals surface area contributed by atoms with Crippen molar-refractivity contribution < 1.29 is 26.4 Å². The number of ketones is 1. The minimum atomic E-state index is -3.87. The Morgan fingerprint density at radius 3 is 1.61 bits per heavy atom. The van der Waals surface area contributed by atoms with Gasteiger partial charge in [-0.25, -0.2) is 21.6 Å². The summed E-state index contributed by atoms with van der Waals surface area (Å²) in [7, 11) is -6.14. The van der Waals surface area contributed by atoms with Crippen molar-refractivity contribution in [2.75, 3.05) is 17.1 Å². The first-order valence-electron chi connectivity index (χ1n) is 9.61. The van der Waals surface area contributed by atoms with Crippen LogP contribution >= 0.6 is 0 Å². The van der Waals surface area contributed by atoms with Crippen LogP contribution in [0.25, 0.3) is 0 Å². The first-order chi connectivity index (χ1) is 15.5. The van der Waals surface area contributed by atoms with Gasteiger partial charge in [0, 0.05) is 22.5 Å². The first-order valence-corrected chi connectivity index (χ1v) is 12.6. The molecule has 0 saturated carbocycles. The number of amides is 1. The molecule has 0 fully saturated rings. The van der Waals surface area contributed by atoms with Crippen LogP contribution in [0.5, 0.6) is 0 Å². The van der Waals surface area contributed by atoms with Gasteiger partial charge >= 0.3 is 0 Å². The topological polar surface area (TPSA) is 139 Å². The smallest absolute Gasteiger partial charge is 0.261 e. The van der Waals surface area contributed by atoms with E-state index < -0.39 is 26.0 Å². The van der Waals surface area contributed by atoms with E-state index in [0.717, 1.165) is 0 Å². The molecule has 0 spiro atoms. The fraction of sp³-hybridized carbons (Fsp3) is 0.0909. The number of nitrogens with one attached hydrogen (secondary N) is 3. The van der Waals surface area contributed by atoms with E-state index in [4.69, 9.17) is 0 Å². The van der Waals surface area contributed by atoms with Crippen LogP contribution < -0.4 is 14.8 Å². The second kappa shape index (κ2) is 9.53. The van der Waals surface area contributed by atoms with Gasteiger partial charge in [0.05, 0.1) is 9.79 Å². The van der Waals surface area contributed by atoms with Crippen molar-refractivity contribution in [1.82, 2.24) is 4.72 Å². The molecule has 0 saturated heterocycles. The third-order valence-electron chi connectivity index (χ3n) is 4.66. The minimum absolute atomic E-state index is 0.00180. The third-order valence-corrected chi connectivity index (χ3v) is 7.49. The zero-order valence-corrected chi connectivity index (χ0v) is 19.3. The highest BCUT2D eigenvalue weighted by Gasteiger charge is 2.16. The average Bonchev–Trinajstić information content (AvgIpc) is 2.79. The summed E-state index contributed by atoms with van der Waals surface area (Å²) in [4.78, 5) is 23.9. The van der Waals surface area contributed by atoms with Crippen molar-refractivity contribution in [3.05, 3.63) is 83.9 Å². The van der Waals surface area contributed by atoms with E-state index in [1.807, 2.05) is 0 Å². The molecule has 9 nitrogen and oxygen atoms in total. The van der Waals surface area contributed by atoms with E-state index >= 15 is 0 Å². The number of sulfonamides is 2. The van der Waals surface area contributed by atoms with Crippen LogP contribution in [-0.4, -0.2) is 35.6 Å². The molecular weight excluding hydrogens is 466 g/mol. The van der Waals surface area contributed by atoms with E-state index in [9.17, 15) is 26.4 Å². The van der Waals surface area contributed by atoms with Gasteiger partial charge in [0.2, 0.25) is 10.0 Å². The molecule has 172 valence electrons. The van der Waals surface area contributed by atoms with E-state index in [0.29, 0.717) is 11.3 Å². The van der Waals surface area contributed by atoms with Gasteiger partial charge in [0.1, 0.15) is 0 Å². The number of carbonyl (C=O) groups is 2. The standard InChI is InChI=1S/C22H21N3O6S2/c1-15(26)16-5-11-21(12-6-16)33(30,31)25-19-7-3-17(4-8-19)22(27)24-18-9-13-20(14-10-18)32(28,29)23-2/h3-14,23,25H,1-2H3,(H,24,27). The second-order valence-corrected chi connectivity index (χ2v) is 10.5. The lowest BCUT2D eigenvalue weighted by Gasteiger charge is -2.10. The Morgan fingerprint density at radius 2 is 1.09 bits per heavy atom. The molecule has 0 bridgehead atoms. The highest BCUT2D eigenvalue weighted by atomic mass is 32.2. The molecule has 3 N–H and O–H groups in total. The van der Waals surface area contributed by atoms with Crippen LogP contribution in [0.3, 0.4) is 0 Å². The van der Waals surface area contributed by atoms with E-state index in [-0.39, 0.29) is 26.8 Å². The van der Waals surface area contributed by atoms with Gasteiger partial charge in [0.15, 0.2) is 5.78 Å². The van der Waals surface area contributed by atoms with Crippen molar-refractivity contribution in [2.45, 2.75) is 16.7 Å².